The molecular formula is C11H21BrN2O. The number of halogens is 1. The van der Waals surface area contributed by atoms with Crippen LogP contribution < -0.4 is 0 Å². The van der Waals surface area contributed by atoms with E-state index in [0.717, 1.165) is 57.3 Å². The van der Waals surface area contributed by atoms with Crippen LogP contribution >= 0.6 is 15.9 Å². The van der Waals surface area contributed by atoms with Gasteiger partial charge in [-0.3, -0.25) is 9.69 Å². The summed E-state index contributed by atoms with van der Waals surface area (Å²) in [7, 11) is 0. The number of hydrogen-bond donors (Lipinski definition) is 0. The van der Waals surface area contributed by atoms with Gasteiger partial charge in [-0.2, -0.15) is 0 Å². The van der Waals surface area contributed by atoms with Crippen molar-refractivity contribution in [3.63, 3.8) is 0 Å². The third kappa shape index (κ3) is 4.51. The van der Waals surface area contributed by atoms with Crippen LogP contribution in [0.3, 0.4) is 0 Å². The van der Waals surface area contributed by atoms with E-state index in [4.69, 9.17) is 0 Å². The van der Waals surface area contributed by atoms with Gasteiger partial charge in [0.25, 0.3) is 0 Å². The molecular weight excluding hydrogens is 256 g/mol. The SMILES string of the molecule is CCCCC(=O)N1CCN(CCBr)CC1. The van der Waals surface area contributed by atoms with Crippen molar-refractivity contribution in [3.05, 3.63) is 0 Å². The summed E-state index contributed by atoms with van der Waals surface area (Å²) in [5, 5.41) is 1.02. The predicted octanol–water partition coefficient (Wildman–Crippen LogP) is 1.72. The van der Waals surface area contributed by atoms with Crippen molar-refractivity contribution in [1.29, 1.82) is 0 Å². The maximum Gasteiger partial charge on any atom is 0.222 e. The Morgan fingerprint density at radius 3 is 2.47 bits per heavy atom. The normalized spacial score (nSPS) is 18.1. The molecule has 0 aliphatic carbocycles. The first kappa shape index (κ1) is 13.0. The van der Waals surface area contributed by atoms with E-state index in [2.05, 4.69) is 27.8 Å². The predicted molar refractivity (Wildman–Crippen MR) is 66.3 cm³/mol. The van der Waals surface area contributed by atoms with Crippen LogP contribution in [0.15, 0.2) is 0 Å². The van der Waals surface area contributed by atoms with Crippen molar-refractivity contribution in [2.24, 2.45) is 0 Å². The van der Waals surface area contributed by atoms with Crippen LogP contribution in [-0.2, 0) is 4.79 Å². The van der Waals surface area contributed by atoms with Crippen LogP contribution in [0.5, 0.6) is 0 Å². The summed E-state index contributed by atoms with van der Waals surface area (Å²) in [6.45, 7) is 7.11. The third-order valence-corrected chi connectivity index (χ3v) is 3.22. The first-order valence-electron chi connectivity index (χ1n) is 5.84. The second-order valence-corrected chi connectivity index (χ2v) is 4.81. The largest absolute Gasteiger partial charge is 0.340 e. The molecule has 1 fully saturated rings. The minimum atomic E-state index is 0.343. The Kier molecular flexibility index (Phi) is 6.25. The fraction of sp³-hybridized carbons (Fsp3) is 0.909. The molecule has 1 saturated heterocycles. The molecule has 1 rings (SSSR count). The first-order chi connectivity index (χ1) is 7.27. The van der Waals surface area contributed by atoms with E-state index in [1.165, 1.54) is 0 Å². The standard InChI is InChI=1S/C11H21BrN2O/c1-2-3-4-11(15)14-9-7-13(6-5-12)8-10-14/h2-10H2,1H3. The molecule has 4 heteroatoms. The van der Waals surface area contributed by atoms with E-state index >= 15 is 0 Å². The molecule has 15 heavy (non-hydrogen) atoms. The summed E-state index contributed by atoms with van der Waals surface area (Å²) in [5.74, 6) is 0.343. The van der Waals surface area contributed by atoms with Gasteiger partial charge in [0.2, 0.25) is 5.91 Å². The molecule has 0 saturated carbocycles. The third-order valence-electron chi connectivity index (χ3n) is 2.87. The number of alkyl halides is 1. The van der Waals surface area contributed by atoms with Gasteiger partial charge < -0.3 is 4.90 Å². The summed E-state index contributed by atoms with van der Waals surface area (Å²) in [4.78, 5) is 16.1. The van der Waals surface area contributed by atoms with E-state index in [1.807, 2.05) is 4.90 Å². The van der Waals surface area contributed by atoms with Gasteiger partial charge in [-0.05, 0) is 6.42 Å². The second-order valence-electron chi connectivity index (χ2n) is 4.01. The van der Waals surface area contributed by atoms with Gasteiger partial charge in [-0.15, -0.1) is 0 Å². The van der Waals surface area contributed by atoms with E-state index in [1.54, 1.807) is 0 Å². The number of carbonyl (C=O) groups excluding carboxylic acids is 1. The van der Waals surface area contributed by atoms with Gasteiger partial charge in [0.15, 0.2) is 0 Å². The van der Waals surface area contributed by atoms with Crippen LogP contribution in [0, 0.1) is 0 Å². The highest BCUT2D eigenvalue weighted by Gasteiger charge is 2.19. The quantitative estimate of drug-likeness (QED) is 0.714. The summed E-state index contributed by atoms with van der Waals surface area (Å²) >= 11 is 3.44. The number of hydrogen-bond acceptors (Lipinski definition) is 2. The Morgan fingerprint density at radius 2 is 1.93 bits per heavy atom. The minimum absolute atomic E-state index is 0.343. The fourth-order valence-electron chi connectivity index (χ4n) is 1.83. The average Bonchev–Trinajstić information content (AvgIpc) is 2.27. The van der Waals surface area contributed by atoms with E-state index in [9.17, 15) is 4.79 Å². The van der Waals surface area contributed by atoms with E-state index in [-0.39, 0.29) is 0 Å². The number of amides is 1. The lowest BCUT2D eigenvalue weighted by atomic mass is 10.2. The van der Waals surface area contributed by atoms with Gasteiger partial charge in [-0.1, -0.05) is 29.3 Å². The number of carbonyl (C=O) groups is 1. The number of unbranched alkanes of at least 4 members (excludes halogenated alkanes) is 1. The van der Waals surface area contributed by atoms with Crippen molar-refractivity contribution in [3.8, 4) is 0 Å². The Bertz CT molecular complexity index is 191. The highest BCUT2D eigenvalue weighted by atomic mass is 79.9. The van der Waals surface area contributed by atoms with Gasteiger partial charge in [-0.25, -0.2) is 0 Å². The monoisotopic (exact) mass is 276 g/mol. The van der Waals surface area contributed by atoms with Crippen LogP contribution in [0.1, 0.15) is 26.2 Å². The molecule has 88 valence electrons. The Labute approximate surface area is 101 Å². The molecule has 0 radical (unpaired) electrons. The molecule has 0 aromatic rings. The smallest absolute Gasteiger partial charge is 0.222 e. The number of nitrogens with zero attached hydrogens (tertiary/aromatic N) is 2. The lowest BCUT2D eigenvalue weighted by molar-refractivity contribution is -0.133. The molecule has 3 nitrogen and oxygen atoms in total. The maximum absolute atomic E-state index is 11.7. The lowest BCUT2D eigenvalue weighted by Gasteiger charge is -2.34. The zero-order valence-electron chi connectivity index (χ0n) is 9.54. The van der Waals surface area contributed by atoms with Crippen LogP contribution in [0.4, 0.5) is 0 Å². The molecule has 0 bridgehead atoms. The highest BCUT2D eigenvalue weighted by molar-refractivity contribution is 9.09. The molecule has 1 heterocycles. The van der Waals surface area contributed by atoms with Crippen molar-refractivity contribution < 1.29 is 4.79 Å². The highest BCUT2D eigenvalue weighted by Crippen LogP contribution is 2.06. The zero-order valence-corrected chi connectivity index (χ0v) is 11.1. The van der Waals surface area contributed by atoms with Crippen molar-refractivity contribution in [2.75, 3.05) is 38.1 Å². The van der Waals surface area contributed by atoms with Crippen LogP contribution in [0.25, 0.3) is 0 Å². The number of piperazine rings is 1. The second kappa shape index (κ2) is 7.23. The van der Waals surface area contributed by atoms with Crippen LogP contribution in [0.2, 0.25) is 0 Å². The van der Waals surface area contributed by atoms with Crippen molar-refractivity contribution in [2.45, 2.75) is 26.2 Å². The molecule has 1 aliphatic rings. The molecule has 0 aromatic carbocycles. The average molecular weight is 277 g/mol. The van der Waals surface area contributed by atoms with Crippen molar-refractivity contribution in [1.82, 2.24) is 9.80 Å². The van der Waals surface area contributed by atoms with Gasteiger partial charge in [0.1, 0.15) is 0 Å². The van der Waals surface area contributed by atoms with Gasteiger partial charge >= 0.3 is 0 Å². The van der Waals surface area contributed by atoms with E-state index in [0.29, 0.717) is 5.91 Å². The summed E-state index contributed by atoms with van der Waals surface area (Å²) < 4.78 is 0. The van der Waals surface area contributed by atoms with E-state index < -0.39 is 0 Å². The molecule has 0 aromatic heterocycles. The lowest BCUT2D eigenvalue weighted by Crippen LogP contribution is -2.49. The van der Waals surface area contributed by atoms with Crippen LogP contribution in [-0.4, -0.2) is 53.8 Å². The maximum atomic E-state index is 11.7. The topological polar surface area (TPSA) is 23.6 Å². The summed E-state index contributed by atoms with van der Waals surface area (Å²) in [5.41, 5.74) is 0. The van der Waals surface area contributed by atoms with Gasteiger partial charge in [0, 0.05) is 44.5 Å². The zero-order chi connectivity index (χ0) is 11.1. The molecule has 0 spiro atoms. The molecule has 1 amide bonds. The Balaban J connectivity index is 2.21. The fourth-order valence-corrected chi connectivity index (χ4v) is 2.33. The summed E-state index contributed by atoms with van der Waals surface area (Å²) in [6, 6.07) is 0. The minimum Gasteiger partial charge on any atom is -0.340 e. The summed E-state index contributed by atoms with van der Waals surface area (Å²) in [6.07, 6.45) is 2.87. The molecule has 0 unspecified atom stereocenters. The Hall–Kier alpha value is -0.0900. The first-order valence-corrected chi connectivity index (χ1v) is 6.96. The molecule has 1 aliphatic heterocycles. The van der Waals surface area contributed by atoms with Crippen molar-refractivity contribution >= 4 is 21.8 Å². The Morgan fingerprint density at radius 1 is 1.27 bits per heavy atom. The molecule has 0 atom stereocenters. The number of rotatable bonds is 5. The van der Waals surface area contributed by atoms with Gasteiger partial charge in [0.05, 0.1) is 0 Å². The molecule has 0 N–H and O–H groups in total.